The van der Waals surface area contributed by atoms with Gasteiger partial charge < -0.3 is 14.2 Å². The van der Waals surface area contributed by atoms with Crippen LogP contribution in [0.5, 0.6) is 0 Å². The van der Waals surface area contributed by atoms with E-state index < -0.39 is 0 Å². The maximum Gasteiger partial charge on any atom is 0.275 e. The van der Waals surface area contributed by atoms with E-state index >= 15 is 0 Å². The second kappa shape index (κ2) is 6.13. The largest absolute Gasteiger partial charge is 0.462 e. The summed E-state index contributed by atoms with van der Waals surface area (Å²) in [4.78, 5) is 20.6. The van der Waals surface area contributed by atoms with Gasteiger partial charge in [-0.15, -0.1) is 11.3 Å². The maximum atomic E-state index is 12.4. The summed E-state index contributed by atoms with van der Waals surface area (Å²) in [5.41, 5.74) is 1.83. The first-order valence-electron chi connectivity index (χ1n) is 7.09. The number of furan rings is 1. The number of hydrogen-bond donors (Lipinski definition) is 1. The second-order valence-electron chi connectivity index (χ2n) is 4.92. The zero-order valence-electron chi connectivity index (χ0n) is 12.3. The lowest BCUT2D eigenvalue weighted by molar-refractivity contribution is 0.102. The predicted octanol–water partition coefficient (Wildman–Crippen LogP) is 4.31. The molecule has 7 heteroatoms. The van der Waals surface area contributed by atoms with Gasteiger partial charge in [-0.1, -0.05) is 12.1 Å². The lowest BCUT2D eigenvalue weighted by Crippen LogP contribution is -2.12. The number of amides is 1. The van der Waals surface area contributed by atoms with Crippen molar-refractivity contribution in [1.82, 2.24) is 9.97 Å². The summed E-state index contributed by atoms with van der Waals surface area (Å²) < 4.78 is 10.6. The Labute approximate surface area is 140 Å². The molecule has 0 radical (unpaired) electrons. The number of anilines is 1. The van der Waals surface area contributed by atoms with E-state index in [9.17, 15) is 4.79 Å². The van der Waals surface area contributed by atoms with Crippen LogP contribution in [0.1, 0.15) is 10.5 Å². The molecule has 118 valence electrons. The van der Waals surface area contributed by atoms with Crippen LogP contribution in [-0.4, -0.2) is 15.9 Å². The van der Waals surface area contributed by atoms with Crippen LogP contribution in [0, 0.1) is 0 Å². The van der Waals surface area contributed by atoms with E-state index in [4.69, 9.17) is 8.83 Å². The first-order chi connectivity index (χ1) is 11.8. The molecule has 3 heterocycles. The van der Waals surface area contributed by atoms with Crippen molar-refractivity contribution >= 4 is 22.9 Å². The SMILES string of the molecule is O=C(Nc1cccc(-c2cnco2)c1)c1csc(-c2ccco2)n1. The van der Waals surface area contributed by atoms with Crippen molar-refractivity contribution < 1.29 is 13.6 Å². The van der Waals surface area contributed by atoms with Gasteiger partial charge in [0, 0.05) is 16.6 Å². The van der Waals surface area contributed by atoms with Gasteiger partial charge in [-0.25, -0.2) is 9.97 Å². The van der Waals surface area contributed by atoms with Crippen molar-refractivity contribution in [2.75, 3.05) is 5.32 Å². The summed E-state index contributed by atoms with van der Waals surface area (Å²) >= 11 is 1.36. The number of aromatic nitrogens is 2. The Morgan fingerprint density at radius 1 is 1.12 bits per heavy atom. The van der Waals surface area contributed by atoms with E-state index in [2.05, 4.69) is 15.3 Å². The van der Waals surface area contributed by atoms with Crippen molar-refractivity contribution in [1.29, 1.82) is 0 Å². The number of thiazole rings is 1. The zero-order valence-corrected chi connectivity index (χ0v) is 13.1. The molecule has 0 bridgehead atoms. The number of carbonyl (C=O) groups is 1. The van der Waals surface area contributed by atoms with Crippen molar-refractivity contribution in [2.24, 2.45) is 0 Å². The molecule has 0 aliphatic carbocycles. The quantitative estimate of drug-likeness (QED) is 0.600. The van der Waals surface area contributed by atoms with Crippen molar-refractivity contribution in [3.63, 3.8) is 0 Å². The van der Waals surface area contributed by atoms with Gasteiger partial charge in [0.15, 0.2) is 22.9 Å². The summed E-state index contributed by atoms with van der Waals surface area (Å²) in [5, 5.41) is 5.20. The molecule has 0 unspecified atom stereocenters. The molecule has 24 heavy (non-hydrogen) atoms. The summed E-state index contributed by atoms with van der Waals surface area (Å²) in [6, 6.07) is 10.9. The van der Waals surface area contributed by atoms with E-state index in [1.807, 2.05) is 18.2 Å². The zero-order chi connectivity index (χ0) is 16.4. The van der Waals surface area contributed by atoms with Crippen LogP contribution < -0.4 is 5.32 Å². The van der Waals surface area contributed by atoms with Crippen molar-refractivity contribution in [3.8, 4) is 22.1 Å². The van der Waals surface area contributed by atoms with Gasteiger partial charge in [0.05, 0.1) is 12.5 Å². The van der Waals surface area contributed by atoms with E-state index in [-0.39, 0.29) is 5.91 Å². The normalized spacial score (nSPS) is 10.7. The van der Waals surface area contributed by atoms with Crippen LogP contribution in [0.2, 0.25) is 0 Å². The highest BCUT2D eigenvalue weighted by Gasteiger charge is 2.14. The molecular weight excluding hydrogens is 326 g/mol. The third-order valence-corrected chi connectivity index (χ3v) is 4.16. The summed E-state index contributed by atoms with van der Waals surface area (Å²) in [7, 11) is 0. The van der Waals surface area contributed by atoms with Crippen LogP contribution in [0.4, 0.5) is 5.69 Å². The smallest absolute Gasteiger partial charge is 0.275 e. The number of oxazole rings is 1. The van der Waals surface area contributed by atoms with Gasteiger partial charge in [-0.05, 0) is 24.3 Å². The minimum atomic E-state index is -0.279. The second-order valence-corrected chi connectivity index (χ2v) is 5.77. The number of hydrogen-bond acceptors (Lipinski definition) is 6. The highest BCUT2D eigenvalue weighted by molar-refractivity contribution is 7.13. The van der Waals surface area contributed by atoms with Gasteiger partial charge in [0.2, 0.25) is 0 Å². The molecule has 1 amide bonds. The molecule has 0 aliphatic heterocycles. The molecule has 0 spiro atoms. The summed E-state index contributed by atoms with van der Waals surface area (Å²) in [6.45, 7) is 0. The van der Waals surface area contributed by atoms with Gasteiger partial charge in [0.25, 0.3) is 5.91 Å². The Morgan fingerprint density at radius 3 is 2.88 bits per heavy atom. The molecule has 0 saturated carbocycles. The van der Waals surface area contributed by atoms with Crippen LogP contribution in [0.3, 0.4) is 0 Å². The molecular formula is C17H11N3O3S. The monoisotopic (exact) mass is 337 g/mol. The molecule has 0 aliphatic rings. The Bertz CT molecular complexity index is 959. The lowest BCUT2D eigenvalue weighted by atomic mass is 10.1. The average Bonchev–Trinajstić information content (AvgIpc) is 3.36. The first-order valence-corrected chi connectivity index (χ1v) is 7.97. The van der Waals surface area contributed by atoms with Crippen LogP contribution in [0.15, 0.2) is 69.5 Å². The molecule has 6 nitrogen and oxygen atoms in total. The molecule has 0 fully saturated rings. The van der Waals surface area contributed by atoms with Gasteiger partial charge in [-0.3, -0.25) is 4.79 Å². The minimum absolute atomic E-state index is 0.279. The molecule has 0 saturated heterocycles. The highest BCUT2D eigenvalue weighted by atomic mass is 32.1. The standard InChI is InChI=1S/C17H11N3O3S/c21-16(13-9-24-17(20-13)14-5-2-6-22-14)19-12-4-1-3-11(7-12)15-8-18-10-23-15/h1-10H,(H,19,21). The summed E-state index contributed by atoms with van der Waals surface area (Å²) in [5.74, 6) is 1.00. The Kier molecular flexibility index (Phi) is 3.68. The van der Waals surface area contributed by atoms with E-state index in [1.54, 1.807) is 36.0 Å². The van der Waals surface area contributed by atoms with Crippen LogP contribution >= 0.6 is 11.3 Å². The van der Waals surface area contributed by atoms with E-state index in [1.165, 1.54) is 17.7 Å². The Hall–Kier alpha value is -3.19. The average molecular weight is 337 g/mol. The number of benzene rings is 1. The fourth-order valence-electron chi connectivity index (χ4n) is 2.20. The fourth-order valence-corrected chi connectivity index (χ4v) is 2.96. The third-order valence-electron chi connectivity index (χ3n) is 3.31. The number of nitrogens with zero attached hydrogens (tertiary/aromatic N) is 2. The molecule has 0 atom stereocenters. The molecule has 4 aromatic rings. The fraction of sp³-hybridized carbons (Fsp3) is 0. The minimum Gasteiger partial charge on any atom is -0.462 e. The lowest BCUT2D eigenvalue weighted by Gasteiger charge is -2.04. The first kappa shape index (κ1) is 14.4. The van der Waals surface area contributed by atoms with Gasteiger partial charge in [0.1, 0.15) is 5.69 Å². The number of carbonyl (C=O) groups excluding carboxylic acids is 1. The Morgan fingerprint density at radius 2 is 2.08 bits per heavy atom. The molecule has 1 aromatic carbocycles. The number of nitrogens with one attached hydrogen (secondary N) is 1. The van der Waals surface area contributed by atoms with Crippen molar-refractivity contribution in [2.45, 2.75) is 0 Å². The van der Waals surface area contributed by atoms with Crippen molar-refractivity contribution in [3.05, 3.63) is 66.3 Å². The van der Waals surface area contributed by atoms with Crippen LogP contribution in [-0.2, 0) is 0 Å². The van der Waals surface area contributed by atoms with E-state index in [0.717, 1.165) is 5.56 Å². The maximum absolute atomic E-state index is 12.4. The molecule has 3 aromatic heterocycles. The molecule has 1 N–H and O–H groups in total. The third kappa shape index (κ3) is 2.84. The van der Waals surface area contributed by atoms with Gasteiger partial charge >= 0.3 is 0 Å². The highest BCUT2D eigenvalue weighted by Crippen LogP contribution is 2.25. The molecule has 4 rings (SSSR count). The van der Waals surface area contributed by atoms with E-state index in [0.29, 0.717) is 27.9 Å². The Balaban J connectivity index is 1.53. The topological polar surface area (TPSA) is 81.2 Å². The number of rotatable bonds is 4. The predicted molar refractivity (Wildman–Crippen MR) is 89.7 cm³/mol. The summed E-state index contributed by atoms with van der Waals surface area (Å²) in [6.07, 6.45) is 4.56. The van der Waals surface area contributed by atoms with Crippen LogP contribution in [0.25, 0.3) is 22.1 Å². The van der Waals surface area contributed by atoms with Gasteiger partial charge in [-0.2, -0.15) is 0 Å².